The molecule has 24 heavy (non-hydrogen) atoms. The number of hydrogen-bond acceptors (Lipinski definition) is 4. The van der Waals surface area contributed by atoms with Crippen LogP contribution in [0.3, 0.4) is 0 Å². The molecule has 0 amide bonds. The first-order valence-electron chi connectivity index (χ1n) is 7.71. The third-order valence-electron chi connectivity index (χ3n) is 4.79. The van der Waals surface area contributed by atoms with Gasteiger partial charge in [0.2, 0.25) is 0 Å². The van der Waals surface area contributed by atoms with E-state index in [1.807, 2.05) is 0 Å². The van der Waals surface area contributed by atoms with E-state index in [2.05, 4.69) is 0 Å². The summed E-state index contributed by atoms with van der Waals surface area (Å²) in [4.78, 5) is 0.253. The molecular weight excluding hydrogens is 329 g/mol. The lowest BCUT2D eigenvalue weighted by Crippen LogP contribution is -2.28. The predicted octanol–water partition coefficient (Wildman–Crippen LogP) is 2.36. The molecule has 3 atom stereocenters. The van der Waals surface area contributed by atoms with Crippen molar-refractivity contribution >= 4 is 9.84 Å². The second-order valence-electron chi connectivity index (χ2n) is 6.18. The van der Waals surface area contributed by atoms with E-state index in [4.69, 9.17) is 10.5 Å². The summed E-state index contributed by atoms with van der Waals surface area (Å²) in [6.45, 7) is 0.361. The second kappa shape index (κ2) is 6.27. The molecule has 0 radical (unpaired) electrons. The van der Waals surface area contributed by atoms with E-state index < -0.39 is 26.3 Å². The van der Waals surface area contributed by atoms with Gasteiger partial charge in [-0.05, 0) is 29.8 Å². The maximum Gasteiger partial charge on any atom is 0.182 e. The van der Waals surface area contributed by atoms with E-state index >= 15 is 0 Å². The first kappa shape index (κ1) is 17.1. The van der Waals surface area contributed by atoms with Crippen LogP contribution in [0, 0.1) is 11.2 Å². The van der Waals surface area contributed by atoms with E-state index in [1.165, 1.54) is 19.2 Å². The van der Waals surface area contributed by atoms with Crippen molar-refractivity contribution in [2.24, 2.45) is 11.1 Å². The molecule has 1 fully saturated rings. The normalized spacial score (nSPS) is 26.3. The molecule has 2 aromatic rings. The van der Waals surface area contributed by atoms with E-state index in [9.17, 15) is 12.8 Å². The topological polar surface area (TPSA) is 69.4 Å². The summed E-state index contributed by atoms with van der Waals surface area (Å²) in [5.74, 6) is -0.776. The SMILES string of the molecule is COC[C@]1(CN)[C@H](c2cccc(F)c2)[C@H]1S(=O)(=O)c1ccccc1. The molecule has 2 N–H and O–H groups in total. The van der Waals surface area contributed by atoms with Crippen LogP contribution in [0.5, 0.6) is 0 Å². The van der Waals surface area contributed by atoms with Gasteiger partial charge < -0.3 is 10.5 Å². The van der Waals surface area contributed by atoms with Gasteiger partial charge in [0.05, 0.1) is 16.8 Å². The molecule has 2 aromatic carbocycles. The van der Waals surface area contributed by atoms with Crippen LogP contribution in [-0.4, -0.2) is 33.9 Å². The van der Waals surface area contributed by atoms with Crippen molar-refractivity contribution in [1.29, 1.82) is 0 Å². The zero-order chi connectivity index (χ0) is 17.4. The highest BCUT2D eigenvalue weighted by molar-refractivity contribution is 7.92. The van der Waals surface area contributed by atoms with Crippen LogP contribution in [0.4, 0.5) is 4.39 Å². The van der Waals surface area contributed by atoms with Gasteiger partial charge in [-0.2, -0.15) is 0 Å². The number of ether oxygens (including phenoxy) is 1. The first-order chi connectivity index (χ1) is 11.5. The van der Waals surface area contributed by atoms with Crippen molar-refractivity contribution in [2.75, 3.05) is 20.3 Å². The van der Waals surface area contributed by atoms with Gasteiger partial charge in [0.25, 0.3) is 0 Å². The van der Waals surface area contributed by atoms with Gasteiger partial charge in [-0.25, -0.2) is 12.8 Å². The monoisotopic (exact) mass is 349 g/mol. The summed E-state index contributed by atoms with van der Waals surface area (Å²) in [7, 11) is -2.08. The van der Waals surface area contributed by atoms with Crippen molar-refractivity contribution in [2.45, 2.75) is 16.1 Å². The average molecular weight is 349 g/mol. The van der Waals surface area contributed by atoms with Crippen LogP contribution in [0.2, 0.25) is 0 Å². The van der Waals surface area contributed by atoms with Crippen LogP contribution < -0.4 is 5.73 Å². The highest BCUT2D eigenvalue weighted by atomic mass is 32.2. The Morgan fingerprint density at radius 1 is 1.17 bits per heavy atom. The predicted molar refractivity (Wildman–Crippen MR) is 89.9 cm³/mol. The number of benzene rings is 2. The molecule has 0 saturated heterocycles. The van der Waals surface area contributed by atoms with Crippen LogP contribution in [0.1, 0.15) is 11.5 Å². The molecule has 0 aromatic heterocycles. The maximum absolute atomic E-state index is 13.6. The Bertz CT molecular complexity index is 825. The Hall–Kier alpha value is -1.76. The molecular formula is C18H20FNO3S. The summed E-state index contributed by atoms with van der Waals surface area (Å²) < 4.78 is 45.1. The van der Waals surface area contributed by atoms with Gasteiger partial charge >= 0.3 is 0 Å². The average Bonchev–Trinajstić information content (AvgIpc) is 3.26. The van der Waals surface area contributed by atoms with E-state index in [0.29, 0.717) is 5.56 Å². The smallest absolute Gasteiger partial charge is 0.182 e. The molecule has 1 aliphatic carbocycles. The van der Waals surface area contributed by atoms with Crippen molar-refractivity contribution in [1.82, 2.24) is 0 Å². The highest BCUT2D eigenvalue weighted by Gasteiger charge is 2.70. The molecule has 6 heteroatoms. The minimum absolute atomic E-state index is 0.152. The summed E-state index contributed by atoms with van der Waals surface area (Å²) in [6.07, 6.45) is 0. The largest absolute Gasteiger partial charge is 0.384 e. The standard InChI is InChI=1S/C18H20FNO3S/c1-23-12-18(11-20)16(13-6-5-7-14(19)10-13)17(18)24(21,22)15-8-3-2-4-9-15/h2-10,16-17H,11-12,20H2,1H3/t16-,17-,18-/m1/s1. The van der Waals surface area contributed by atoms with Crippen LogP contribution >= 0.6 is 0 Å². The minimum atomic E-state index is -3.60. The summed E-state index contributed by atoms with van der Waals surface area (Å²) >= 11 is 0. The molecule has 4 nitrogen and oxygen atoms in total. The molecule has 1 saturated carbocycles. The molecule has 0 heterocycles. The Morgan fingerprint density at radius 2 is 1.88 bits per heavy atom. The first-order valence-corrected chi connectivity index (χ1v) is 9.25. The Kier molecular flexibility index (Phi) is 4.46. The third kappa shape index (κ3) is 2.64. The quantitative estimate of drug-likeness (QED) is 0.869. The highest BCUT2D eigenvalue weighted by Crippen LogP contribution is 2.63. The van der Waals surface area contributed by atoms with Crippen molar-refractivity contribution in [3.05, 3.63) is 66.0 Å². The van der Waals surface area contributed by atoms with Crippen molar-refractivity contribution in [3.63, 3.8) is 0 Å². The molecule has 0 aliphatic heterocycles. The van der Waals surface area contributed by atoms with Gasteiger partial charge in [0, 0.05) is 25.0 Å². The van der Waals surface area contributed by atoms with Gasteiger partial charge in [0.15, 0.2) is 9.84 Å². The molecule has 1 aliphatic rings. The molecule has 0 spiro atoms. The Morgan fingerprint density at radius 3 is 2.46 bits per heavy atom. The fourth-order valence-corrected chi connectivity index (χ4v) is 6.11. The lowest BCUT2D eigenvalue weighted by Gasteiger charge is -2.14. The van der Waals surface area contributed by atoms with Gasteiger partial charge in [-0.15, -0.1) is 0 Å². The molecule has 128 valence electrons. The minimum Gasteiger partial charge on any atom is -0.384 e. The van der Waals surface area contributed by atoms with E-state index in [1.54, 1.807) is 42.5 Å². The Balaban J connectivity index is 2.07. The molecule has 3 rings (SSSR count). The number of hydrogen-bond donors (Lipinski definition) is 1. The molecule has 0 unspecified atom stereocenters. The number of nitrogens with two attached hydrogens (primary N) is 1. The van der Waals surface area contributed by atoms with Crippen LogP contribution in [0.25, 0.3) is 0 Å². The number of sulfone groups is 1. The fourth-order valence-electron chi connectivity index (χ4n) is 3.65. The maximum atomic E-state index is 13.6. The lowest BCUT2D eigenvalue weighted by atomic mass is 10.00. The molecule has 0 bridgehead atoms. The van der Waals surface area contributed by atoms with Gasteiger partial charge in [-0.3, -0.25) is 0 Å². The number of methoxy groups -OCH3 is 1. The second-order valence-corrected chi connectivity index (χ2v) is 8.25. The third-order valence-corrected chi connectivity index (χ3v) is 7.13. The Labute approximate surface area is 141 Å². The van der Waals surface area contributed by atoms with Crippen LogP contribution in [0.15, 0.2) is 59.5 Å². The van der Waals surface area contributed by atoms with Gasteiger partial charge in [-0.1, -0.05) is 30.3 Å². The van der Waals surface area contributed by atoms with E-state index in [0.717, 1.165) is 0 Å². The van der Waals surface area contributed by atoms with E-state index in [-0.39, 0.29) is 24.0 Å². The van der Waals surface area contributed by atoms with Crippen molar-refractivity contribution in [3.8, 4) is 0 Å². The van der Waals surface area contributed by atoms with Crippen LogP contribution in [-0.2, 0) is 14.6 Å². The number of halogens is 1. The number of rotatable bonds is 6. The zero-order valence-corrected chi connectivity index (χ0v) is 14.2. The fraction of sp³-hybridized carbons (Fsp3) is 0.333. The van der Waals surface area contributed by atoms with Crippen molar-refractivity contribution < 1.29 is 17.5 Å². The zero-order valence-electron chi connectivity index (χ0n) is 13.4. The summed E-state index contributed by atoms with van der Waals surface area (Å²) in [6, 6.07) is 14.3. The summed E-state index contributed by atoms with van der Waals surface area (Å²) in [5, 5.41) is -0.723. The summed E-state index contributed by atoms with van der Waals surface area (Å²) in [5.41, 5.74) is 5.85. The lowest BCUT2D eigenvalue weighted by molar-refractivity contribution is 0.142. The van der Waals surface area contributed by atoms with Gasteiger partial charge in [0.1, 0.15) is 5.82 Å².